The van der Waals surface area contributed by atoms with Gasteiger partial charge in [-0.2, -0.15) is 8.42 Å². The Balaban J connectivity index is 2.40. The van der Waals surface area contributed by atoms with Gasteiger partial charge >= 0.3 is 11.9 Å². The van der Waals surface area contributed by atoms with Crippen LogP contribution in [0.3, 0.4) is 0 Å². The van der Waals surface area contributed by atoms with Gasteiger partial charge in [0.2, 0.25) is 0 Å². The summed E-state index contributed by atoms with van der Waals surface area (Å²) in [4.78, 5) is 25.5. The minimum Gasteiger partial charge on any atom is -0.462 e. The second-order valence-corrected chi connectivity index (χ2v) is 19.0. The highest BCUT2D eigenvalue weighted by atomic mass is 32.2. The lowest BCUT2D eigenvalue weighted by atomic mass is 10.00. The van der Waals surface area contributed by atoms with Gasteiger partial charge in [0.1, 0.15) is 36.8 Å². The minimum atomic E-state index is -4.61. The van der Waals surface area contributed by atoms with Crippen molar-refractivity contribution in [1.82, 2.24) is 0 Å². The van der Waals surface area contributed by atoms with E-state index in [-0.39, 0.29) is 19.4 Å². The van der Waals surface area contributed by atoms with Crippen molar-refractivity contribution in [2.24, 2.45) is 0 Å². The molecule has 13 heteroatoms. The summed E-state index contributed by atoms with van der Waals surface area (Å²) in [6.07, 6.45) is 37.5. The van der Waals surface area contributed by atoms with Gasteiger partial charge in [-0.1, -0.05) is 166 Å². The molecule has 1 saturated heterocycles. The highest BCUT2D eigenvalue weighted by molar-refractivity contribution is 7.85. The molecule has 1 aliphatic rings. The molecule has 0 aromatic rings. The molecule has 0 aromatic carbocycles. The number of esters is 2. The van der Waals surface area contributed by atoms with Crippen LogP contribution in [0.5, 0.6) is 0 Å². The van der Waals surface area contributed by atoms with Gasteiger partial charge in [0.05, 0.1) is 6.61 Å². The van der Waals surface area contributed by atoms with Crippen LogP contribution in [0.15, 0.2) is 36.5 Å². The summed E-state index contributed by atoms with van der Waals surface area (Å²) in [5, 5.41) is 30.9. The van der Waals surface area contributed by atoms with E-state index in [0.717, 1.165) is 64.2 Å². The van der Waals surface area contributed by atoms with Crippen molar-refractivity contribution in [3.63, 3.8) is 0 Å². The van der Waals surface area contributed by atoms with Crippen LogP contribution in [0.1, 0.15) is 213 Å². The van der Waals surface area contributed by atoms with Gasteiger partial charge in [0.25, 0.3) is 10.1 Å². The lowest BCUT2D eigenvalue weighted by Gasteiger charge is -2.40. The van der Waals surface area contributed by atoms with Crippen molar-refractivity contribution < 1.29 is 56.8 Å². The third-order valence-corrected chi connectivity index (χ3v) is 12.2. The zero-order valence-corrected chi connectivity index (χ0v) is 40.2. The summed E-state index contributed by atoms with van der Waals surface area (Å²) in [7, 11) is -4.61. The largest absolute Gasteiger partial charge is 0.462 e. The standard InChI is InChI=1S/C50H90O12S/c1-3-5-7-9-11-13-15-17-19-21-23-25-27-29-31-33-35-37-39-46(52)61-43(41-60-50-49(55)48(54)47(53)44(62-50)42-63(56,57)58)40-59-45(51)38-36-34-32-30-28-26-24-22-20-18-16-14-12-10-8-6-4-2/h13,15,18-21,43-44,47-50,53-55H,3-12,14,16-17,22-42H2,1-2H3,(H,56,57,58)/b15-13-,20-18-,21-19-. The molecular weight excluding hydrogens is 825 g/mol. The number of rotatable bonds is 42. The lowest BCUT2D eigenvalue weighted by Crippen LogP contribution is -2.60. The second-order valence-electron chi connectivity index (χ2n) is 17.5. The monoisotopic (exact) mass is 915 g/mol. The van der Waals surface area contributed by atoms with Crippen LogP contribution in [-0.4, -0.2) is 96.0 Å². The van der Waals surface area contributed by atoms with Gasteiger partial charge in [0, 0.05) is 12.8 Å². The van der Waals surface area contributed by atoms with Crippen molar-refractivity contribution in [3.05, 3.63) is 36.5 Å². The SMILES string of the molecule is CCCCCC/C=C\C/C=C\CCCCCCCCCC(=O)OC(COC(=O)CCCCCCCCC/C=C\CCCCCCCC)COC1OC(CS(=O)(=O)O)C(O)C(O)C1O. The second kappa shape index (κ2) is 40.2. The van der Waals surface area contributed by atoms with Crippen LogP contribution >= 0.6 is 0 Å². The van der Waals surface area contributed by atoms with Gasteiger partial charge in [-0.15, -0.1) is 0 Å². The molecule has 4 N–H and O–H groups in total. The molecule has 0 radical (unpaired) electrons. The van der Waals surface area contributed by atoms with Crippen LogP contribution < -0.4 is 0 Å². The average molecular weight is 915 g/mol. The van der Waals surface area contributed by atoms with E-state index in [4.69, 9.17) is 18.9 Å². The van der Waals surface area contributed by atoms with Crippen molar-refractivity contribution in [2.75, 3.05) is 19.0 Å². The summed E-state index contributed by atoms with van der Waals surface area (Å²) in [5.41, 5.74) is 0. The fourth-order valence-electron chi connectivity index (χ4n) is 7.53. The fourth-order valence-corrected chi connectivity index (χ4v) is 8.22. The van der Waals surface area contributed by atoms with Gasteiger partial charge in [-0.3, -0.25) is 14.1 Å². The lowest BCUT2D eigenvalue weighted by molar-refractivity contribution is -0.297. The van der Waals surface area contributed by atoms with Crippen LogP contribution in [0.2, 0.25) is 0 Å². The summed E-state index contributed by atoms with van der Waals surface area (Å²) in [5.74, 6) is -1.99. The number of hydrogen-bond acceptors (Lipinski definition) is 11. The number of aliphatic hydroxyl groups excluding tert-OH is 3. The first-order chi connectivity index (χ1) is 30.5. The van der Waals surface area contributed by atoms with E-state index >= 15 is 0 Å². The molecule has 1 fully saturated rings. The molecule has 0 aromatic heterocycles. The number of allylic oxidation sites excluding steroid dienone is 6. The van der Waals surface area contributed by atoms with E-state index in [1.807, 2.05) is 0 Å². The van der Waals surface area contributed by atoms with Crippen molar-refractivity contribution in [1.29, 1.82) is 0 Å². The molecule has 12 nitrogen and oxygen atoms in total. The number of carbonyl (C=O) groups excluding carboxylic acids is 2. The fraction of sp³-hybridized carbons (Fsp3) is 0.840. The number of unbranched alkanes of at least 4 members (excludes halogenated alkanes) is 24. The van der Waals surface area contributed by atoms with E-state index in [0.29, 0.717) is 12.8 Å². The summed E-state index contributed by atoms with van der Waals surface area (Å²) in [6, 6.07) is 0. The third kappa shape index (κ3) is 34.8. The van der Waals surface area contributed by atoms with E-state index in [1.165, 1.54) is 109 Å². The molecular formula is C50H90O12S. The maximum Gasteiger partial charge on any atom is 0.306 e. The van der Waals surface area contributed by atoms with Crippen LogP contribution in [0.4, 0.5) is 0 Å². The predicted molar refractivity (Wildman–Crippen MR) is 252 cm³/mol. The highest BCUT2D eigenvalue weighted by Gasteiger charge is 2.46. The van der Waals surface area contributed by atoms with Crippen LogP contribution in [0.25, 0.3) is 0 Å². The van der Waals surface area contributed by atoms with Gasteiger partial charge in [-0.25, -0.2) is 0 Å². The number of aliphatic hydroxyl groups is 3. The Kier molecular flexibility index (Phi) is 37.5. The van der Waals surface area contributed by atoms with Crippen molar-refractivity contribution >= 4 is 22.1 Å². The Labute approximate surface area is 382 Å². The van der Waals surface area contributed by atoms with E-state index < -0.39 is 71.2 Å². The smallest absolute Gasteiger partial charge is 0.306 e. The normalized spacial score (nSPS) is 20.0. The Morgan fingerprint density at radius 1 is 0.540 bits per heavy atom. The topological polar surface area (TPSA) is 186 Å². The molecule has 6 atom stereocenters. The van der Waals surface area contributed by atoms with E-state index in [1.54, 1.807) is 0 Å². The Bertz CT molecular complexity index is 1300. The molecule has 1 rings (SSSR count). The van der Waals surface area contributed by atoms with Gasteiger partial charge < -0.3 is 34.3 Å². The van der Waals surface area contributed by atoms with Crippen LogP contribution in [0, 0.1) is 0 Å². The molecule has 0 aliphatic carbocycles. The third-order valence-electron chi connectivity index (χ3n) is 11.4. The van der Waals surface area contributed by atoms with Crippen LogP contribution in [-0.2, 0) is 38.7 Å². The number of hydrogen-bond donors (Lipinski definition) is 4. The molecule has 6 unspecified atom stereocenters. The first-order valence-corrected chi connectivity index (χ1v) is 26.7. The maximum atomic E-state index is 12.9. The first kappa shape index (κ1) is 58.9. The number of ether oxygens (including phenoxy) is 4. The minimum absolute atomic E-state index is 0.155. The molecule has 63 heavy (non-hydrogen) atoms. The molecule has 1 heterocycles. The first-order valence-electron chi connectivity index (χ1n) is 25.0. The maximum absolute atomic E-state index is 12.9. The van der Waals surface area contributed by atoms with Crippen molar-refractivity contribution in [3.8, 4) is 0 Å². The molecule has 0 spiro atoms. The molecule has 0 amide bonds. The Hall–Kier alpha value is -2.13. The zero-order chi connectivity index (χ0) is 46.2. The highest BCUT2D eigenvalue weighted by Crippen LogP contribution is 2.24. The van der Waals surface area contributed by atoms with Gasteiger partial charge in [-0.05, 0) is 70.6 Å². The predicted octanol–water partition coefficient (Wildman–Crippen LogP) is 11.0. The van der Waals surface area contributed by atoms with E-state index in [9.17, 15) is 37.9 Å². The summed E-state index contributed by atoms with van der Waals surface area (Å²) < 4.78 is 54.2. The summed E-state index contributed by atoms with van der Waals surface area (Å²) >= 11 is 0. The molecule has 368 valence electrons. The molecule has 0 bridgehead atoms. The zero-order valence-electron chi connectivity index (χ0n) is 39.4. The molecule has 1 aliphatic heterocycles. The van der Waals surface area contributed by atoms with Crippen molar-refractivity contribution in [2.45, 2.75) is 250 Å². The molecule has 0 saturated carbocycles. The van der Waals surface area contributed by atoms with E-state index in [2.05, 4.69) is 50.3 Å². The Morgan fingerprint density at radius 3 is 1.43 bits per heavy atom. The Morgan fingerprint density at radius 2 is 0.952 bits per heavy atom. The average Bonchev–Trinajstić information content (AvgIpc) is 3.25. The number of carbonyl (C=O) groups is 2. The quantitative estimate of drug-likeness (QED) is 0.0197. The summed E-state index contributed by atoms with van der Waals surface area (Å²) in [6.45, 7) is 3.75. The van der Waals surface area contributed by atoms with Gasteiger partial charge in [0.15, 0.2) is 12.4 Å².